The molecule has 0 unspecified atom stereocenters. The van der Waals surface area contributed by atoms with Crippen molar-refractivity contribution in [1.29, 1.82) is 0 Å². The summed E-state index contributed by atoms with van der Waals surface area (Å²) in [7, 11) is 0. The van der Waals surface area contributed by atoms with Gasteiger partial charge in [-0.25, -0.2) is 0 Å². The van der Waals surface area contributed by atoms with Gasteiger partial charge in [-0.15, -0.1) is 0 Å². The number of hydrogen-bond donors (Lipinski definition) is 0. The van der Waals surface area contributed by atoms with Gasteiger partial charge in [-0.05, 0) is 18.1 Å². The zero-order valence-electron chi connectivity index (χ0n) is 9.80. The highest BCUT2D eigenvalue weighted by Gasteiger charge is 2.17. The molecule has 0 saturated heterocycles. The molecule has 1 aromatic rings. The molecule has 0 aromatic heterocycles. The van der Waals surface area contributed by atoms with Gasteiger partial charge in [-0.3, -0.25) is 9.59 Å². The van der Waals surface area contributed by atoms with Gasteiger partial charge in [0.25, 0.3) is 0 Å². The Labute approximate surface area is 118 Å². The molecule has 0 aliphatic rings. The minimum Gasteiger partial charge on any atom is -0.299 e. The summed E-state index contributed by atoms with van der Waals surface area (Å²) in [6, 6.07) is 5.43. The molecular formula is C13H14Br2O2. The Morgan fingerprint density at radius 1 is 1.18 bits per heavy atom. The monoisotopic (exact) mass is 360 g/mol. The topological polar surface area (TPSA) is 34.1 Å². The average molecular weight is 362 g/mol. The Morgan fingerprint density at radius 2 is 1.71 bits per heavy atom. The van der Waals surface area contributed by atoms with Crippen LogP contribution in [-0.4, -0.2) is 11.6 Å². The van der Waals surface area contributed by atoms with Crippen LogP contribution in [0, 0.1) is 5.92 Å². The number of ketones is 2. The van der Waals surface area contributed by atoms with Crippen molar-refractivity contribution >= 4 is 43.4 Å². The average Bonchev–Trinajstić information content (AvgIpc) is 2.15. The standard InChI is InChI=1S/C13H14Br2O2/c1-8(2)6-9(16)7-12(17)13-10(14)4-3-5-11(13)15/h3-5,8H,6-7H2,1-2H3. The van der Waals surface area contributed by atoms with E-state index in [1.807, 2.05) is 19.9 Å². The van der Waals surface area contributed by atoms with Crippen molar-refractivity contribution in [2.75, 3.05) is 0 Å². The molecule has 0 radical (unpaired) electrons. The first-order valence-corrected chi connectivity index (χ1v) is 6.99. The summed E-state index contributed by atoms with van der Waals surface area (Å²) in [5, 5.41) is 0. The lowest BCUT2D eigenvalue weighted by Gasteiger charge is -2.07. The van der Waals surface area contributed by atoms with Crippen molar-refractivity contribution in [3.05, 3.63) is 32.7 Å². The number of carbonyl (C=O) groups is 2. The summed E-state index contributed by atoms with van der Waals surface area (Å²) in [5.41, 5.74) is 0.546. The molecule has 0 spiro atoms. The van der Waals surface area contributed by atoms with E-state index in [-0.39, 0.29) is 23.9 Å². The lowest BCUT2D eigenvalue weighted by atomic mass is 10.0. The minimum absolute atomic E-state index is 0.00680. The van der Waals surface area contributed by atoms with Crippen LogP contribution in [0.5, 0.6) is 0 Å². The summed E-state index contributed by atoms with van der Waals surface area (Å²) < 4.78 is 1.43. The molecule has 2 nitrogen and oxygen atoms in total. The summed E-state index contributed by atoms with van der Waals surface area (Å²) in [6.45, 7) is 3.94. The normalized spacial score (nSPS) is 10.6. The SMILES string of the molecule is CC(C)CC(=O)CC(=O)c1c(Br)cccc1Br. The third-order valence-electron chi connectivity index (χ3n) is 2.24. The van der Waals surface area contributed by atoms with Crippen LogP contribution < -0.4 is 0 Å². The highest BCUT2D eigenvalue weighted by atomic mass is 79.9. The molecule has 0 aliphatic carbocycles. The maximum absolute atomic E-state index is 12.0. The zero-order chi connectivity index (χ0) is 13.0. The van der Waals surface area contributed by atoms with Crippen LogP contribution in [0.25, 0.3) is 0 Å². The van der Waals surface area contributed by atoms with Crippen LogP contribution in [0.3, 0.4) is 0 Å². The third kappa shape index (κ3) is 4.36. The van der Waals surface area contributed by atoms with Gasteiger partial charge in [0, 0.05) is 20.9 Å². The molecule has 0 N–H and O–H groups in total. The van der Waals surface area contributed by atoms with Crippen LogP contribution in [0.15, 0.2) is 27.1 Å². The first kappa shape index (κ1) is 14.6. The summed E-state index contributed by atoms with van der Waals surface area (Å²) >= 11 is 6.65. The molecule has 17 heavy (non-hydrogen) atoms. The second kappa shape index (κ2) is 6.45. The van der Waals surface area contributed by atoms with Crippen LogP contribution in [0.1, 0.15) is 37.0 Å². The molecule has 0 amide bonds. The predicted molar refractivity (Wildman–Crippen MR) is 75.3 cm³/mol. The smallest absolute Gasteiger partial charge is 0.172 e. The molecule has 0 aliphatic heterocycles. The second-order valence-corrected chi connectivity index (χ2v) is 6.04. The summed E-state index contributed by atoms with van der Waals surface area (Å²) in [4.78, 5) is 23.6. The molecule has 1 aromatic carbocycles. The zero-order valence-corrected chi connectivity index (χ0v) is 13.0. The second-order valence-electron chi connectivity index (χ2n) is 4.33. The van der Waals surface area contributed by atoms with E-state index >= 15 is 0 Å². The Morgan fingerprint density at radius 3 is 2.18 bits per heavy atom. The molecule has 0 saturated carbocycles. The van der Waals surface area contributed by atoms with E-state index in [9.17, 15) is 9.59 Å². The summed E-state index contributed by atoms with van der Waals surface area (Å²) in [5.74, 6) is 0.139. The van der Waals surface area contributed by atoms with E-state index in [0.717, 1.165) is 0 Å². The van der Waals surface area contributed by atoms with E-state index in [4.69, 9.17) is 0 Å². The lowest BCUT2D eigenvalue weighted by molar-refractivity contribution is -0.118. The van der Waals surface area contributed by atoms with Crippen LogP contribution in [0.4, 0.5) is 0 Å². The molecule has 4 heteroatoms. The Bertz CT molecular complexity index is 419. The Hall–Kier alpha value is -0.480. The largest absolute Gasteiger partial charge is 0.299 e. The van der Waals surface area contributed by atoms with Gasteiger partial charge in [0.15, 0.2) is 5.78 Å². The quantitative estimate of drug-likeness (QED) is 0.575. The van der Waals surface area contributed by atoms with Crippen molar-refractivity contribution in [3.63, 3.8) is 0 Å². The van der Waals surface area contributed by atoms with Crippen molar-refractivity contribution in [3.8, 4) is 0 Å². The first-order valence-electron chi connectivity index (χ1n) is 5.40. The van der Waals surface area contributed by atoms with Gasteiger partial charge < -0.3 is 0 Å². The minimum atomic E-state index is -0.144. The maximum atomic E-state index is 12.0. The third-order valence-corrected chi connectivity index (χ3v) is 3.56. The van der Waals surface area contributed by atoms with Crippen LogP contribution in [-0.2, 0) is 4.79 Å². The number of rotatable bonds is 5. The molecule has 1 rings (SSSR count). The van der Waals surface area contributed by atoms with Crippen LogP contribution in [0.2, 0.25) is 0 Å². The van der Waals surface area contributed by atoms with Gasteiger partial charge in [0.2, 0.25) is 0 Å². The molecule has 0 heterocycles. The van der Waals surface area contributed by atoms with E-state index in [0.29, 0.717) is 20.9 Å². The fourth-order valence-corrected chi connectivity index (χ4v) is 3.00. The van der Waals surface area contributed by atoms with Gasteiger partial charge in [-0.1, -0.05) is 51.8 Å². The fourth-order valence-electron chi connectivity index (χ4n) is 1.56. The first-order chi connectivity index (χ1) is 7.91. The fraction of sp³-hybridized carbons (Fsp3) is 0.385. The van der Waals surface area contributed by atoms with E-state index in [1.54, 1.807) is 12.1 Å². The number of Topliss-reactive ketones (excluding diaryl/α,β-unsaturated/α-hetero) is 2. The molecule has 0 fully saturated rings. The van der Waals surface area contributed by atoms with Crippen LogP contribution >= 0.6 is 31.9 Å². The van der Waals surface area contributed by atoms with Gasteiger partial charge in [-0.2, -0.15) is 0 Å². The predicted octanol–water partition coefficient (Wildman–Crippen LogP) is 4.40. The lowest BCUT2D eigenvalue weighted by Crippen LogP contribution is -2.11. The number of halogens is 2. The van der Waals surface area contributed by atoms with Gasteiger partial charge >= 0.3 is 0 Å². The van der Waals surface area contributed by atoms with Gasteiger partial charge in [0.1, 0.15) is 5.78 Å². The van der Waals surface area contributed by atoms with Crippen molar-refractivity contribution in [1.82, 2.24) is 0 Å². The molecule has 92 valence electrons. The van der Waals surface area contributed by atoms with Crippen molar-refractivity contribution in [2.45, 2.75) is 26.7 Å². The van der Waals surface area contributed by atoms with E-state index in [1.165, 1.54) is 0 Å². The maximum Gasteiger partial charge on any atom is 0.172 e. The van der Waals surface area contributed by atoms with Gasteiger partial charge in [0.05, 0.1) is 6.42 Å². The Kier molecular flexibility index (Phi) is 5.53. The molecule has 0 atom stereocenters. The summed E-state index contributed by atoms with van der Waals surface area (Å²) in [6.07, 6.45) is 0.424. The molecular weight excluding hydrogens is 348 g/mol. The van der Waals surface area contributed by atoms with E-state index in [2.05, 4.69) is 31.9 Å². The number of benzene rings is 1. The van der Waals surface area contributed by atoms with Crippen molar-refractivity contribution in [2.24, 2.45) is 5.92 Å². The Balaban J connectivity index is 2.80. The number of carbonyl (C=O) groups excluding carboxylic acids is 2. The highest BCUT2D eigenvalue weighted by Crippen LogP contribution is 2.26. The van der Waals surface area contributed by atoms with Crippen molar-refractivity contribution < 1.29 is 9.59 Å². The number of hydrogen-bond acceptors (Lipinski definition) is 2. The molecule has 0 bridgehead atoms. The van der Waals surface area contributed by atoms with E-state index < -0.39 is 0 Å². The highest BCUT2D eigenvalue weighted by molar-refractivity contribution is 9.11.